The SMILES string of the molecule is CS[C@H]1CN(C(=O)[C@@H](NC(=O)c2ccc(-c3csc(N4CCN(C)CC4)n3)cc2)C2CCCC2)[C@@H]2C(=O)CO[C@@H]12. The molecule has 9 nitrogen and oxygen atoms in total. The molecule has 3 aliphatic heterocycles. The molecule has 1 aromatic carbocycles. The first-order valence-corrected chi connectivity index (χ1v) is 16.4. The fourth-order valence-corrected chi connectivity index (χ4v) is 8.15. The van der Waals surface area contributed by atoms with E-state index in [-0.39, 0.29) is 41.5 Å². The summed E-state index contributed by atoms with van der Waals surface area (Å²) in [5.41, 5.74) is 2.37. The van der Waals surface area contributed by atoms with Gasteiger partial charge < -0.3 is 24.8 Å². The first kappa shape index (κ1) is 27.7. The minimum absolute atomic E-state index is 0.0418. The molecular formula is C29H37N5O4S2. The maximum atomic E-state index is 13.9. The van der Waals surface area contributed by atoms with E-state index < -0.39 is 12.1 Å². The summed E-state index contributed by atoms with van der Waals surface area (Å²) in [5, 5.41) is 6.24. The van der Waals surface area contributed by atoms with Gasteiger partial charge in [0.15, 0.2) is 10.9 Å². The van der Waals surface area contributed by atoms with Gasteiger partial charge in [-0.15, -0.1) is 11.3 Å². The van der Waals surface area contributed by atoms with Crippen LogP contribution in [-0.2, 0) is 14.3 Å². The van der Waals surface area contributed by atoms with Crippen LogP contribution in [0.2, 0.25) is 0 Å². The van der Waals surface area contributed by atoms with E-state index in [9.17, 15) is 14.4 Å². The standard InChI is InChI=1S/C29H37N5O4S2/c1-32-11-13-33(14-12-32)29-30-21(17-40-29)18-7-9-20(10-8-18)27(36)31-24(19-5-3-4-6-19)28(37)34-15-23(39-2)26-25(34)22(35)16-38-26/h7-10,17,19,23-26H,3-6,11-16H2,1-2H3,(H,31,36)/t23-,24-,25+,26-/m0/s1. The van der Waals surface area contributed by atoms with Crippen molar-refractivity contribution in [3.05, 3.63) is 35.2 Å². The van der Waals surface area contributed by atoms with Gasteiger partial charge in [0.25, 0.3) is 5.91 Å². The fraction of sp³-hybridized carbons (Fsp3) is 0.586. The van der Waals surface area contributed by atoms with E-state index in [2.05, 4.69) is 27.5 Å². The number of rotatable bonds is 7. The number of aromatic nitrogens is 1. The Morgan fingerprint density at radius 1 is 1.12 bits per heavy atom. The number of hydrogen-bond acceptors (Lipinski definition) is 9. The van der Waals surface area contributed by atoms with Crippen molar-refractivity contribution in [3.8, 4) is 11.3 Å². The lowest BCUT2D eigenvalue weighted by Gasteiger charge is -2.32. The number of carbonyl (C=O) groups is 3. The highest BCUT2D eigenvalue weighted by Crippen LogP contribution is 2.36. The third kappa shape index (κ3) is 5.41. The van der Waals surface area contributed by atoms with Gasteiger partial charge in [-0.3, -0.25) is 14.4 Å². The number of ether oxygens (including phenoxy) is 1. The van der Waals surface area contributed by atoms with Crippen LogP contribution in [0.15, 0.2) is 29.6 Å². The zero-order valence-electron chi connectivity index (χ0n) is 23.1. The molecule has 4 fully saturated rings. The van der Waals surface area contributed by atoms with Crippen molar-refractivity contribution >= 4 is 45.8 Å². The molecule has 3 saturated heterocycles. The Balaban J connectivity index is 1.15. The first-order valence-electron chi connectivity index (χ1n) is 14.2. The number of thiazole rings is 1. The molecule has 6 rings (SSSR count). The van der Waals surface area contributed by atoms with Crippen LogP contribution >= 0.6 is 23.1 Å². The molecule has 0 bridgehead atoms. The number of carbonyl (C=O) groups excluding carboxylic acids is 3. The highest BCUT2D eigenvalue weighted by molar-refractivity contribution is 7.99. The number of anilines is 1. The molecule has 1 N–H and O–H groups in total. The summed E-state index contributed by atoms with van der Waals surface area (Å²) in [4.78, 5) is 51.2. The zero-order valence-corrected chi connectivity index (χ0v) is 24.7. The van der Waals surface area contributed by atoms with E-state index in [4.69, 9.17) is 9.72 Å². The molecule has 11 heteroatoms. The van der Waals surface area contributed by atoms with E-state index in [1.165, 1.54) is 0 Å². The molecule has 214 valence electrons. The van der Waals surface area contributed by atoms with E-state index in [1.54, 1.807) is 40.1 Å². The lowest BCUT2D eigenvalue weighted by molar-refractivity contribution is -0.139. The Bertz CT molecular complexity index is 1240. The number of piperazine rings is 1. The number of fused-ring (bicyclic) bond motifs is 1. The lowest BCUT2D eigenvalue weighted by atomic mass is 9.95. The van der Waals surface area contributed by atoms with Gasteiger partial charge in [0.05, 0.1) is 17.0 Å². The van der Waals surface area contributed by atoms with Crippen LogP contribution < -0.4 is 10.2 Å². The van der Waals surface area contributed by atoms with Gasteiger partial charge in [-0.25, -0.2) is 4.98 Å². The number of nitrogens with zero attached hydrogens (tertiary/aromatic N) is 4. The van der Waals surface area contributed by atoms with Gasteiger partial charge in [-0.05, 0) is 44.2 Å². The average Bonchev–Trinajstić information content (AvgIpc) is 3.78. The molecule has 2 amide bonds. The van der Waals surface area contributed by atoms with Gasteiger partial charge in [0.1, 0.15) is 18.7 Å². The number of nitrogens with one attached hydrogen (secondary N) is 1. The molecule has 4 atom stereocenters. The van der Waals surface area contributed by atoms with Gasteiger partial charge in [0, 0.05) is 49.2 Å². The monoisotopic (exact) mass is 583 g/mol. The second-order valence-corrected chi connectivity index (χ2v) is 13.2. The summed E-state index contributed by atoms with van der Waals surface area (Å²) in [6, 6.07) is 6.27. The molecule has 0 spiro atoms. The second kappa shape index (κ2) is 11.8. The van der Waals surface area contributed by atoms with Crippen LogP contribution in [-0.4, -0.2) is 108 Å². The van der Waals surface area contributed by atoms with Gasteiger partial charge >= 0.3 is 0 Å². The lowest BCUT2D eigenvalue weighted by Crippen LogP contribution is -2.54. The molecule has 0 radical (unpaired) electrons. The maximum Gasteiger partial charge on any atom is 0.251 e. The number of hydrogen-bond donors (Lipinski definition) is 1. The number of ketones is 1. The van der Waals surface area contributed by atoms with Gasteiger partial charge in [-0.1, -0.05) is 25.0 Å². The van der Waals surface area contributed by atoms with Crippen LogP contribution in [0.3, 0.4) is 0 Å². The Morgan fingerprint density at radius 3 is 2.55 bits per heavy atom. The minimum Gasteiger partial charge on any atom is -0.367 e. The number of Topliss-reactive ketones (excluding diaryl/α,β-unsaturated/α-hetero) is 1. The Kier molecular flexibility index (Phi) is 8.16. The third-order valence-corrected chi connectivity index (χ3v) is 10.8. The number of likely N-dealkylation sites (tertiary alicyclic amines) is 1. The maximum absolute atomic E-state index is 13.9. The normalized spacial score (nSPS) is 26.4. The summed E-state index contributed by atoms with van der Waals surface area (Å²) in [6.07, 6.45) is 5.61. The topological polar surface area (TPSA) is 95.1 Å². The van der Waals surface area contributed by atoms with Crippen LogP contribution in [0.4, 0.5) is 5.13 Å². The fourth-order valence-electron chi connectivity index (χ4n) is 6.45. The smallest absolute Gasteiger partial charge is 0.251 e. The minimum atomic E-state index is -0.644. The van der Waals surface area contributed by atoms with E-state index in [1.807, 2.05) is 18.4 Å². The van der Waals surface area contributed by atoms with Crippen LogP contribution in [0.1, 0.15) is 36.0 Å². The molecule has 0 unspecified atom stereocenters. The van der Waals surface area contributed by atoms with Gasteiger partial charge in [-0.2, -0.15) is 11.8 Å². The van der Waals surface area contributed by atoms with Crippen LogP contribution in [0, 0.1) is 5.92 Å². The molecular weight excluding hydrogens is 546 g/mol. The number of benzene rings is 1. The average molecular weight is 584 g/mol. The predicted molar refractivity (Wildman–Crippen MR) is 158 cm³/mol. The molecule has 1 aliphatic carbocycles. The highest BCUT2D eigenvalue weighted by Gasteiger charge is 2.53. The molecule has 1 saturated carbocycles. The largest absolute Gasteiger partial charge is 0.367 e. The number of likely N-dealkylation sites (N-methyl/N-ethyl adjacent to an activating group) is 1. The van der Waals surface area contributed by atoms with Crippen molar-refractivity contribution in [2.75, 3.05) is 57.5 Å². The van der Waals surface area contributed by atoms with E-state index in [0.29, 0.717) is 12.1 Å². The van der Waals surface area contributed by atoms with E-state index >= 15 is 0 Å². The molecule has 40 heavy (non-hydrogen) atoms. The summed E-state index contributed by atoms with van der Waals surface area (Å²) in [7, 11) is 2.14. The van der Waals surface area contributed by atoms with Crippen molar-refractivity contribution in [1.29, 1.82) is 0 Å². The number of thioether (sulfide) groups is 1. The van der Waals surface area contributed by atoms with Crippen molar-refractivity contribution in [3.63, 3.8) is 0 Å². The van der Waals surface area contributed by atoms with Crippen molar-refractivity contribution in [2.24, 2.45) is 5.92 Å². The Labute approximate surface area is 243 Å². The van der Waals surface area contributed by atoms with Crippen molar-refractivity contribution < 1.29 is 19.1 Å². The van der Waals surface area contributed by atoms with Crippen LogP contribution in [0.5, 0.6) is 0 Å². The van der Waals surface area contributed by atoms with Crippen molar-refractivity contribution in [1.82, 2.24) is 20.1 Å². The number of amides is 2. The predicted octanol–water partition coefficient (Wildman–Crippen LogP) is 2.76. The Hall–Kier alpha value is -2.47. The first-order chi connectivity index (χ1) is 19.4. The summed E-state index contributed by atoms with van der Waals surface area (Å²) in [6.45, 7) is 4.54. The third-order valence-electron chi connectivity index (χ3n) is 8.86. The highest BCUT2D eigenvalue weighted by atomic mass is 32.2. The Morgan fingerprint density at radius 2 is 1.85 bits per heavy atom. The summed E-state index contributed by atoms with van der Waals surface area (Å²) in [5.74, 6) is -0.386. The van der Waals surface area contributed by atoms with Crippen LogP contribution in [0.25, 0.3) is 11.3 Å². The molecule has 1 aromatic heterocycles. The molecule has 4 heterocycles. The van der Waals surface area contributed by atoms with Crippen molar-refractivity contribution in [2.45, 2.75) is 49.1 Å². The molecule has 2 aromatic rings. The second-order valence-electron chi connectivity index (χ2n) is 11.3. The van der Waals surface area contributed by atoms with Gasteiger partial charge in [0.2, 0.25) is 5.91 Å². The summed E-state index contributed by atoms with van der Waals surface area (Å²) >= 11 is 3.28. The van der Waals surface area contributed by atoms with E-state index in [0.717, 1.165) is 68.3 Å². The summed E-state index contributed by atoms with van der Waals surface area (Å²) < 4.78 is 5.76. The zero-order chi connectivity index (χ0) is 27.8. The molecule has 4 aliphatic rings. The quantitative estimate of drug-likeness (QED) is 0.532.